The lowest BCUT2D eigenvalue weighted by atomic mass is 9.85. The fraction of sp³-hybridized carbons (Fsp3) is 0.909. The molecule has 1 heterocycles. The number of alkyl halides is 1. The molecule has 1 unspecified atom stereocenters. The lowest BCUT2D eigenvalue weighted by Crippen LogP contribution is -3.00. The van der Waals surface area contributed by atoms with Crippen molar-refractivity contribution in [3.63, 3.8) is 0 Å². The fourth-order valence-electron chi connectivity index (χ4n) is 1.84. The van der Waals surface area contributed by atoms with Crippen LogP contribution in [0.1, 0.15) is 41.0 Å². The average molecular weight is 421 g/mol. The van der Waals surface area contributed by atoms with Gasteiger partial charge in [-0.1, -0.05) is 36.4 Å². The number of hydrogen-bond donors (Lipinski definition) is 0. The average Bonchev–Trinajstić information content (AvgIpc) is 1.79. The van der Waals surface area contributed by atoms with Crippen LogP contribution in [0.3, 0.4) is 0 Å². The monoisotopic (exact) mass is 421 g/mol. The summed E-state index contributed by atoms with van der Waals surface area (Å²) in [7, 11) is 0. The molecule has 1 rings (SSSR count). The second kappa shape index (κ2) is 4.97. The highest BCUT2D eigenvalue weighted by atomic mass is 127. The fourth-order valence-corrected chi connectivity index (χ4v) is 3.40. The Kier molecular flexibility index (Phi) is 5.38. The Morgan fingerprint density at radius 3 is 2.21 bits per heavy atom. The maximum absolute atomic E-state index is 2.58. The van der Waals surface area contributed by atoms with Crippen molar-refractivity contribution in [3.8, 4) is 0 Å². The van der Waals surface area contributed by atoms with Gasteiger partial charge in [-0.25, -0.2) is 4.58 Å². The molecule has 0 amide bonds. The van der Waals surface area contributed by atoms with Crippen LogP contribution >= 0.6 is 22.6 Å². The van der Waals surface area contributed by atoms with Gasteiger partial charge in [0.05, 0.1) is 3.92 Å². The Hall–Kier alpha value is 1.13. The molecule has 14 heavy (non-hydrogen) atoms. The number of rotatable bonds is 0. The van der Waals surface area contributed by atoms with Crippen LogP contribution in [-0.4, -0.2) is 26.8 Å². The Morgan fingerprint density at radius 1 is 1.36 bits per heavy atom. The molecule has 3 heteroatoms. The summed E-state index contributed by atoms with van der Waals surface area (Å²) in [5.74, 6) is 0. The summed E-state index contributed by atoms with van der Waals surface area (Å²) < 4.78 is 3.28. The van der Waals surface area contributed by atoms with Crippen LogP contribution in [0.5, 0.6) is 0 Å². The van der Waals surface area contributed by atoms with Gasteiger partial charge in [0.2, 0.25) is 0 Å². The van der Waals surface area contributed by atoms with Crippen LogP contribution in [0.15, 0.2) is 0 Å². The summed E-state index contributed by atoms with van der Waals surface area (Å²) in [5.41, 5.74) is 0.651. The third-order valence-electron chi connectivity index (χ3n) is 2.51. The van der Waals surface area contributed by atoms with Gasteiger partial charge in [0.1, 0.15) is 6.21 Å². The molecule has 0 fully saturated rings. The van der Waals surface area contributed by atoms with Crippen LogP contribution in [0, 0.1) is 5.41 Å². The zero-order valence-corrected chi connectivity index (χ0v) is 14.1. The minimum Gasteiger partial charge on any atom is -1.00 e. The summed E-state index contributed by atoms with van der Waals surface area (Å²) in [5, 5.41) is 0. The van der Waals surface area contributed by atoms with Crippen molar-refractivity contribution in [2.24, 2.45) is 5.41 Å². The SMILES string of the molecule is CC1(C)C=[N+](C(C)(C)C)CC(I)C1.[I-]. The van der Waals surface area contributed by atoms with E-state index in [4.69, 9.17) is 0 Å². The van der Waals surface area contributed by atoms with Gasteiger partial charge in [-0.2, -0.15) is 0 Å². The molecule has 0 aromatic carbocycles. The summed E-state index contributed by atoms with van der Waals surface area (Å²) in [6, 6.07) is 0. The Labute approximate surface area is 119 Å². The molecule has 1 atom stereocenters. The van der Waals surface area contributed by atoms with Crippen molar-refractivity contribution in [1.82, 2.24) is 0 Å². The first-order valence-electron chi connectivity index (χ1n) is 4.97. The van der Waals surface area contributed by atoms with E-state index in [9.17, 15) is 0 Å². The van der Waals surface area contributed by atoms with Crippen LogP contribution < -0.4 is 24.0 Å². The molecular weight excluding hydrogens is 400 g/mol. The first kappa shape index (κ1) is 15.1. The lowest BCUT2D eigenvalue weighted by molar-refractivity contribution is -0.598. The highest BCUT2D eigenvalue weighted by Gasteiger charge is 2.36. The van der Waals surface area contributed by atoms with Crippen molar-refractivity contribution in [3.05, 3.63) is 0 Å². The zero-order valence-electron chi connectivity index (χ0n) is 9.77. The predicted octanol–water partition coefficient (Wildman–Crippen LogP) is 0.106. The first-order valence-corrected chi connectivity index (χ1v) is 6.22. The molecule has 84 valence electrons. The van der Waals surface area contributed by atoms with Gasteiger partial charge < -0.3 is 24.0 Å². The van der Waals surface area contributed by atoms with Crippen LogP contribution in [0.25, 0.3) is 0 Å². The first-order chi connectivity index (χ1) is 5.71. The van der Waals surface area contributed by atoms with Crippen molar-refractivity contribution >= 4 is 28.8 Å². The second-order valence-corrected chi connectivity index (χ2v) is 7.50. The van der Waals surface area contributed by atoms with Gasteiger partial charge >= 0.3 is 0 Å². The molecule has 0 bridgehead atoms. The van der Waals surface area contributed by atoms with Crippen molar-refractivity contribution in [1.29, 1.82) is 0 Å². The van der Waals surface area contributed by atoms with Gasteiger partial charge in [0, 0.05) is 5.41 Å². The molecule has 0 aromatic heterocycles. The zero-order chi connectivity index (χ0) is 10.3. The summed E-state index contributed by atoms with van der Waals surface area (Å²) in [4.78, 5) is 0. The lowest BCUT2D eigenvalue weighted by Gasteiger charge is -2.31. The maximum Gasteiger partial charge on any atom is 0.154 e. The predicted molar refractivity (Wildman–Crippen MR) is 67.2 cm³/mol. The number of halogens is 2. The molecule has 1 aliphatic rings. The van der Waals surface area contributed by atoms with E-state index in [2.05, 4.69) is 68.0 Å². The minimum atomic E-state index is 0. The maximum atomic E-state index is 2.58. The van der Waals surface area contributed by atoms with Crippen LogP contribution in [0.4, 0.5) is 0 Å². The topological polar surface area (TPSA) is 3.01 Å². The molecule has 0 spiro atoms. The standard InChI is InChI=1S/C11H21IN.HI/c1-10(2,3)13-7-9(12)6-11(4,5)8-13;/h8-9H,6-7H2,1-5H3;1H/q+1;/p-1. The van der Waals surface area contributed by atoms with Gasteiger partial charge in [-0.15, -0.1) is 0 Å². The summed E-state index contributed by atoms with van der Waals surface area (Å²) in [6.07, 6.45) is 3.72. The molecule has 0 saturated carbocycles. The largest absolute Gasteiger partial charge is 1.00 e. The van der Waals surface area contributed by atoms with E-state index in [0.29, 0.717) is 5.41 Å². The highest BCUT2D eigenvalue weighted by molar-refractivity contribution is 14.1. The van der Waals surface area contributed by atoms with E-state index in [1.807, 2.05) is 0 Å². The smallest absolute Gasteiger partial charge is 0.154 e. The van der Waals surface area contributed by atoms with E-state index < -0.39 is 0 Å². The molecule has 0 radical (unpaired) electrons. The molecular formula is C11H21I2N. The third kappa shape index (κ3) is 4.33. The highest BCUT2D eigenvalue weighted by Crippen LogP contribution is 2.29. The van der Waals surface area contributed by atoms with Crippen molar-refractivity contribution in [2.75, 3.05) is 6.54 Å². The van der Waals surface area contributed by atoms with Crippen LogP contribution in [0.2, 0.25) is 0 Å². The van der Waals surface area contributed by atoms with E-state index in [1.165, 1.54) is 13.0 Å². The molecule has 0 saturated heterocycles. The summed E-state index contributed by atoms with van der Waals surface area (Å²) >= 11 is 2.58. The minimum absolute atomic E-state index is 0. The van der Waals surface area contributed by atoms with Gasteiger partial charge in [-0.05, 0) is 27.2 Å². The van der Waals surface area contributed by atoms with Gasteiger partial charge in [0.25, 0.3) is 0 Å². The summed E-state index contributed by atoms with van der Waals surface area (Å²) in [6.45, 7) is 12.7. The van der Waals surface area contributed by atoms with Gasteiger partial charge in [-0.3, -0.25) is 0 Å². The Morgan fingerprint density at radius 2 is 1.86 bits per heavy atom. The Bertz CT molecular complexity index is 226. The Balaban J connectivity index is 0.00000169. The molecule has 0 aromatic rings. The van der Waals surface area contributed by atoms with Crippen molar-refractivity contribution in [2.45, 2.75) is 50.5 Å². The molecule has 1 aliphatic heterocycles. The third-order valence-corrected chi connectivity index (χ3v) is 3.34. The number of nitrogens with zero attached hydrogens (tertiary/aromatic N) is 1. The van der Waals surface area contributed by atoms with E-state index >= 15 is 0 Å². The van der Waals surface area contributed by atoms with E-state index in [0.717, 1.165) is 3.92 Å². The quantitative estimate of drug-likeness (QED) is 0.297. The number of hydrogen-bond acceptors (Lipinski definition) is 0. The van der Waals surface area contributed by atoms with Crippen molar-refractivity contribution < 1.29 is 28.6 Å². The van der Waals surface area contributed by atoms with Gasteiger partial charge in [0.15, 0.2) is 12.1 Å². The van der Waals surface area contributed by atoms with Crippen LogP contribution in [-0.2, 0) is 0 Å². The van der Waals surface area contributed by atoms with E-state index in [-0.39, 0.29) is 29.5 Å². The normalized spacial score (nSPS) is 26.4. The van der Waals surface area contributed by atoms with E-state index in [1.54, 1.807) is 0 Å². The molecule has 1 nitrogen and oxygen atoms in total. The second-order valence-electron chi connectivity index (χ2n) is 5.74. The molecule has 0 N–H and O–H groups in total. The molecule has 0 aliphatic carbocycles.